The van der Waals surface area contributed by atoms with E-state index in [1.807, 2.05) is 0 Å². The van der Waals surface area contributed by atoms with Crippen molar-refractivity contribution in [2.24, 2.45) is 5.10 Å². The molecule has 2 nitrogen and oxygen atoms in total. The summed E-state index contributed by atoms with van der Waals surface area (Å²) in [6, 6.07) is 5.79. The topological polar surface area (TPSA) is 24.4 Å². The van der Waals surface area contributed by atoms with Crippen LogP contribution in [0.1, 0.15) is 11.1 Å². The Morgan fingerprint density at radius 1 is 1.00 bits per heavy atom. The molecule has 0 aliphatic rings. The van der Waals surface area contributed by atoms with Crippen LogP contribution < -0.4 is 5.43 Å². The molecule has 0 spiro atoms. The van der Waals surface area contributed by atoms with Crippen LogP contribution in [0.5, 0.6) is 0 Å². The van der Waals surface area contributed by atoms with Crippen molar-refractivity contribution in [1.82, 2.24) is 0 Å². The van der Waals surface area contributed by atoms with Gasteiger partial charge >= 0.3 is 6.18 Å². The minimum Gasteiger partial charge on any atom is -0.277 e. The van der Waals surface area contributed by atoms with E-state index in [2.05, 4.69) is 10.5 Å². The largest absolute Gasteiger partial charge is 0.416 e. The lowest BCUT2D eigenvalue weighted by Gasteiger charge is -2.09. The summed E-state index contributed by atoms with van der Waals surface area (Å²) in [6.45, 7) is 0. The second-order valence-electron chi connectivity index (χ2n) is 4.24. The second kappa shape index (κ2) is 6.31. The van der Waals surface area contributed by atoms with Crippen molar-refractivity contribution in [1.29, 1.82) is 0 Å². The molecule has 0 saturated heterocycles. The van der Waals surface area contributed by atoms with Crippen molar-refractivity contribution < 1.29 is 22.0 Å². The number of alkyl halides is 3. The molecule has 2 aromatic rings. The first-order valence-corrected chi connectivity index (χ1v) is 6.26. The van der Waals surface area contributed by atoms with E-state index in [-0.39, 0.29) is 16.3 Å². The summed E-state index contributed by atoms with van der Waals surface area (Å²) in [5.41, 5.74) is 1.61. The monoisotopic (exact) mass is 334 g/mol. The van der Waals surface area contributed by atoms with Gasteiger partial charge < -0.3 is 0 Å². The van der Waals surface area contributed by atoms with E-state index < -0.39 is 23.4 Å². The van der Waals surface area contributed by atoms with Crippen molar-refractivity contribution in [3.05, 3.63) is 64.2 Å². The van der Waals surface area contributed by atoms with Crippen LogP contribution in [0, 0.1) is 11.6 Å². The molecule has 0 saturated carbocycles. The molecular weight excluding hydrogens is 327 g/mol. The zero-order valence-corrected chi connectivity index (χ0v) is 11.5. The van der Waals surface area contributed by atoms with Gasteiger partial charge in [-0.1, -0.05) is 17.7 Å². The summed E-state index contributed by atoms with van der Waals surface area (Å²) < 4.78 is 63.5. The van der Waals surface area contributed by atoms with E-state index in [0.29, 0.717) is 0 Å². The highest BCUT2D eigenvalue weighted by Gasteiger charge is 2.30. The van der Waals surface area contributed by atoms with Gasteiger partial charge in [0, 0.05) is 0 Å². The Morgan fingerprint density at radius 3 is 2.36 bits per heavy atom. The Hall–Kier alpha value is -2.15. The zero-order valence-electron chi connectivity index (χ0n) is 10.8. The predicted molar refractivity (Wildman–Crippen MR) is 74.0 cm³/mol. The average molecular weight is 335 g/mol. The molecule has 1 N–H and O–H groups in total. The van der Waals surface area contributed by atoms with Crippen molar-refractivity contribution in [2.45, 2.75) is 6.18 Å². The van der Waals surface area contributed by atoms with E-state index >= 15 is 0 Å². The van der Waals surface area contributed by atoms with Crippen LogP contribution in [0.4, 0.5) is 27.6 Å². The number of anilines is 1. The maximum Gasteiger partial charge on any atom is 0.416 e. The quantitative estimate of drug-likeness (QED) is 0.472. The van der Waals surface area contributed by atoms with Crippen LogP contribution in [-0.4, -0.2) is 6.21 Å². The molecule has 0 aliphatic carbocycles. The van der Waals surface area contributed by atoms with Gasteiger partial charge in [-0.05, 0) is 35.9 Å². The zero-order chi connectivity index (χ0) is 16.3. The summed E-state index contributed by atoms with van der Waals surface area (Å²) in [6.07, 6.45) is -3.38. The fraction of sp³-hybridized carbons (Fsp3) is 0.0714. The van der Waals surface area contributed by atoms with Crippen LogP contribution in [0.15, 0.2) is 41.5 Å². The summed E-state index contributed by atoms with van der Waals surface area (Å²) in [5, 5.41) is 3.69. The van der Waals surface area contributed by atoms with E-state index in [1.165, 1.54) is 6.07 Å². The molecule has 0 aliphatic heterocycles. The normalized spacial score (nSPS) is 11.9. The fourth-order valence-electron chi connectivity index (χ4n) is 1.56. The number of nitrogens with one attached hydrogen (secondary N) is 1. The highest BCUT2D eigenvalue weighted by Crippen LogP contribution is 2.33. The minimum atomic E-state index is -4.51. The van der Waals surface area contributed by atoms with E-state index in [4.69, 9.17) is 11.6 Å². The van der Waals surface area contributed by atoms with Crippen molar-refractivity contribution in [2.75, 3.05) is 5.43 Å². The SMILES string of the molecule is Fc1ccc(/C=N\Nc2cc(C(F)(F)F)ccc2Cl)cc1F. The van der Waals surface area contributed by atoms with Crippen molar-refractivity contribution in [3.8, 4) is 0 Å². The molecule has 116 valence electrons. The van der Waals surface area contributed by atoms with Gasteiger partial charge in [0.15, 0.2) is 11.6 Å². The Bertz CT molecular complexity index is 713. The first kappa shape index (κ1) is 16.2. The van der Waals surface area contributed by atoms with Crippen LogP contribution in [-0.2, 0) is 6.18 Å². The van der Waals surface area contributed by atoms with Gasteiger partial charge in [0.1, 0.15) is 0 Å². The summed E-state index contributed by atoms with van der Waals surface area (Å²) >= 11 is 5.76. The molecule has 22 heavy (non-hydrogen) atoms. The number of hydrazone groups is 1. The molecule has 0 atom stereocenters. The maximum atomic E-state index is 13.0. The Morgan fingerprint density at radius 2 is 1.73 bits per heavy atom. The number of benzene rings is 2. The maximum absolute atomic E-state index is 13.0. The number of hydrogen-bond acceptors (Lipinski definition) is 2. The molecule has 0 bridgehead atoms. The lowest BCUT2D eigenvalue weighted by atomic mass is 10.2. The van der Waals surface area contributed by atoms with Gasteiger partial charge in [0.2, 0.25) is 0 Å². The second-order valence-corrected chi connectivity index (χ2v) is 4.64. The van der Waals surface area contributed by atoms with Gasteiger partial charge in [-0.25, -0.2) is 8.78 Å². The molecule has 0 fully saturated rings. The number of hydrogen-bond donors (Lipinski definition) is 1. The number of nitrogens with zero attached hydrogens (tertiary/aromatic N) is 1. The highest BCUT2D eigenvalue weighted by atomic mass is 35.5. The predicted octanol–water partition coefficient (Wildman–Crippen LogP) is 5.08. The summed E-state index contributed by atoms with van der Waals surface area (Å²) in [7, 11) is 0. The molecule has 8 heteroatoms. The van der Waals surface area contributed by atoms with Gasteiger partial charge in [0.05, 0.1) is 22.5 Å². The van der Waals surface area contributed by atoms with Crippen LogP contribution in [0.3, 0.4) is 0 Å². The Balaban J connectivity index is 2.17. The number of rotatable bonds is 3. The highest BCUT2D eigenvalue weighted by molar-refractivity contribution is 6.33. The van der Waals surface area contributed by atoms with Gasteiger partial charge in [0.25, 0.3) is 0 Å². The van der Waals surface area contributed by atoms with E-state index in [0.717, 1.165) is 36.5 Å². The van der Waals surface area contributed by atoms with Crippen LogP contribution >= 0.6 is 11.6 Å². The molecule has 0 unspecified atom stereocenters. The van der Waals surface area contributed by atoms with Gasteiger partial charge in [-0.2, -0.15) is 18.3 Å². The molecule has 0 radical (unpaired) electrons. The minimum absolute atomic E-state index is 0.0374. The van der Waals surface area contributed by atoms with E-state index in [9.17, 15) is 22.0 Å². The molecular formula is C14H8ClF5N2. The van der Waals surface area contributed by atoms with Crippen molar-refractivity contribution in [3.63, 3.8) is 0 Å². The average Bonchev–Trinajstić information content (AvgIpc) is 2.43. The fourth-order valence-corrected chi connectivity index (χ4v) is 1.72. The van der Waals surface area contributed by atoms with E-state index in [1.54, 1.807) is 0 Å². The third-order valence-corrected chi connectivity index (χ3v) is 2.97. The molecule has 0 heterocycles. The van der Waals surface area contributed by atoms with Gasteiger partial charge in [-0.15, -0.1) is 0 Å². The molecule has 0 aromatic heterocycles. The van der Waals surface area contributed by atoms with Gasteiger partial charge in [-0.3, -0.25) is 5.43 Å². The molecule has 2 aromatic carbocycles. The standard InChI is InChI=1S/C14H8ClF5N2/c15-10-3-2-9(14(18,19)20)6-13(10)22-21-7-8-1-4-11(16)12(17)5-8/h1-7,22H/b21-7-. The summed E-state index contributed by atoms with van der Waals surface area (Å²) in [5.74, 6) is -2.06. The lowest BCUT2D eigenvalue weighted by molar-refractivity contribution is -0.137. The lowest BCUT2D eigenvalue weighted by Crippen LogP contribution is -2.05. The Labute approximate surface area is 127 Å². The smallest absolute Gasteiger partial charge is 0.277 e. The number of halogens is 6. The third kappa shape index (κ3) is 3.94. The first-order chi connectivity index (χ1) is 10.3. The third-order valence-electron chi connectivity index (χ3n) is 2.64. The van der Waals surface area contributed by atoms with Crippen LogP contribution in [0.25, 0.3) is 0 Å². The molecule has 0 amide bonds. The Kier molecular flexibility index (Phi) is 4.65. The molecule has 2 rings (SSSR count). The van der Waals surface area contributed by atoms with Crippen LogP contribution in [0.2, 0.25) is 5.02 Å². The van der Waals surface area contributed by atoms with Crippen molar-refractivity contribution >= 4 is 23.5 Å². The summed E-state index contributed by atoms with van der Waals surface area (Å²) in [4.78, 5) is 0. The first-order valence-electron chi connectivity index (χ1n) is 5.88.